The molecule has 1 fully saturated rings. The zero-order chi connectivity index (χ0) is 25.4. The molecule has 35 heavy (non-hydrogen) atoms. The van der Waals surface area contributed by atoms with Gasteiger partial charge in [0.25, 0.3) is 11.1 Å². The number of nitrogens with zero attached hydrogens (tertiary/aromatic N) is 1. The van der Waals surface area contributed by atoms with Crippen molar-refractivity contribution in [2.24, 2.45) is 0 Å². The van der Waals surface area contributed by atoms with Crippen LogP contribution in [0.2, 0.25) is 0 Å². The number of methoxy groups -OCH3 is 2. The van der Waals surface area contributed by atoms with Crippen LogP contribution in [0.3, 0.4) is 0 Å². The van der Waals surface area contributed by atoms with Crippen LogP contribution in [0.5, 0.6) is 23.0 Å². The summed E-state index contributed by atoms with van der Waals surface area (Å²) in [7, 11) is 2.82. The van der Waals surface area contributed by atoms with E-state index in [9.17, 15) is 14.4 Å². The van der Waals surface area contributed by atoms with Crippen molar-refractivity contribution in [3.05, 3.63) is 50.4 Å². The molecule has 2 amide bonds. The lowest BCUT2D eigenvalue weighted by molar-refractivity contribution is -0.143. The fourth-order valence-electron chi connectivity index (χ4n) is 3.09. The monoisotopic (exact) mass is 613 g/mol. The van der Waals surface area contributed by atoms with Crippen molar-refractivity contribution in [3.8, 4) is 23.0 Å². The van der Waals surface area contributed by atoms with Gasteiger partial charge in [0.2, 0.25) is 0 Å². The topological polar surface area (TPSA) is 101 Å². The van der Waals surface area contributed by atoms with Crippen LogP contribution in [0.25, 0.3) is 6.08 Å². The predicted molar refractivity (Wildman–Crippen MR) is 139 cm³/mol. The van der Waals surface area contributed by atoms with Gasteiger partial charge in [0, 0.05) is 0 Å². The van der Waals surface area contributed by atoms with E-state index in [1.807, 2.05) is 19.1 Å². The molecule has 186 valence electrons. The molecule has 1 aliphatic rings. The number of halogens is 1. The maximum absolute atomic E-state index is 12.9. The van der Waals surface area contributed by atoms with Crippen LogP contribution in [-0.2, 0) is 14.3 Å². The summed E-state index contributed by atoms with van der Waals surface area (Å²) >= 11 is 2.92. The molecule has 11 heteroatoms. The van der Waals surface area contributed by atoms with Crippen LogP contribution in [0.1, 0.15) is 12.5 Å². The molecule has 0 unspecified atom stereocenters. The Kier molecular flexibility index (Phi) is 9.66. The number of imide groups is 1. The van der Waals surface area contributed by atoms with E-state index in [-0.39, 0.29) is 29.9 Å². The molecule has 0 aromatic heterocycles. The first-order valence-electron chi connectivity index (χ1n) is 10.5. The SMILES string of the molecule is CCOc1cc(/C=C2\SC(=O)N(CCOc3ccccc3OC)C2=O)cc(I)c1OCC(=O)OC. The molecule has 0 atom stereocenters. The Labute approximate surface area is 220 Å². The lowest BCUT2D eigenvalue weighted by Gasteiger charge is -2.15. The van der Waals surface area contributed by atoms with Crippen LogP contribution in [-0.4, -0.2) is 62.6 Å². The van der Waals surface area contributed by atoms with Gasteiger partial charge in [0.1, 0.15) is 6.61 Å². The van der Waals surface area contributed by atoms with E-state index in [2.05, 4.69) is 27.3 Å². The average molecular weight is 613 g/mol. The molecule has 2 aromatic rings. The first kappa shape index (κ1) is 26.7. The van der Waals surface area contributed by atoms with Crippen molar-refractivity contribution in [2.75, 3.05) is 40.6 Å². The third kappa shape index (κ3) is 6.82. The van der Waals surface area contributed by atoms with Gasteiger partial charge in [-0.05, 0) is 77.2 Å². The highest BCUT2D eigenvalue weighted by Crippen LogP contribution is 2.37. The first-order chi connectivity index (χ1) is 16.9. The molecule has 0 bridgehead atoms. The Morgan fingerprint density at radius 3 is 2.49 bits per heavy atom. The normalized spacial score (nSPS) is 14.3. The second kappa shape index (κ2) is 12.7. The van der Waals surface area contributed by atoms with Crippen LogP contribution in [0.4, 0.5) is 4.79 Å². The number of para-hydroxylation sites is 2. The molecule has 0 saturated carbocycles. The Morgan fingerprint density at radius 2 is 1.80 bits per heavy atom. The number of hydrogen-bond acceptors (Lipinski definition) is 9. The number of benzene rings is 2. The van der Waals surface area contributed by atoms with Gasteiger partial charge in [-0.1, -0.05) is 12.1 Å². The Balaban J connectivity index is 1.72. The molecule has 9 nitrogen and oxygen atoms in total. The maximum atomic E-state index is 12.9. The molecule has 0 spiro atoms. The van der Waals surface area contributed by atoms with Crippen LogP contribution < -0.4 is 18.9 Å². The first-order valence-corrected chi connectivity index (χ1v) is 12.4. The molecule has 0 aliphatic carbocycles. The number of esters is 1. The highest BCUT2D eigenvalue weighted by molar-refractivity contribution is 14.1. The molecule has 1 saturated heterocycles. The van der Waals surface area contributed by atoms with Gasteiger partial charge in [-0.25, -0.2) is 4.79 Å². The predicted octanol–water partition coefficient (Wildman–Crippen LogP) is 4.37. The number of amides is 2. The van der Waals surface area contributed by atoms with Crippen LogP contribution in [0.15, 0.2) is 41.3 Å². The van der Waals surface area contributed by atoms with Gasteiger partial charge in [-0.15, -0.1) is 0 Å². The number of ether oxygens (including phenoxy) is 5. The summed E-state index contributed by atoms with van der Waals surface area (Å²) in [6.07, 6.45) is 1.63. The van der Waals surface area contributed by atoms with Gasteiger partial charge >= 0.3 is 5.97 Å². The van der Waals surface area contributed by atoms with Crippen molar-refractivity contribution in [3.63, 3.8) is 0 Å². The van der Waals surface area contributed by atoms with E-state index in [0.717, 1.165) is 16.7 Å². The maximum Gasteiger partial charge on any atom is 0.343 e. The molecule has 3 rings (SSSR count). The average Bonchev–Trinajstić information content (AvgIpc) is 3.11. The van der Waals surface area contributed by atoms with Gasteiger partial charge < -0.3 is 23.7 Å². The van der Waals surface area contributed by atoms with Crippen LogP contribution in [0, 0.1) is 3.57 Å². The fourth-order valence-corrected chi connectivity index (χ4v) is 4.74. The number of hydrogen-bond donors (Lipinski definition) is 0. The van der Waals surface area contributed by atoms with Crippen LogP contribution >= 0.6 is 34.4 Å². The summed E-state index contributed by atoms with van der Waals surface area (Å²) in [6.45, 7) is 2.16. The van der Waals surface area contributed by atoms with E-state index >= 15 is 0 Å². The minimum atomic E-state index is -0.518. The third-order valence-corrected chi connectivity index (χ3v) is 6.42. The standard InChI is InChI=1S/C24H24INO8S/c1-4-32-19-12-15(11-16(25)22(19)34-14-21(27)31-3)13-20-23(28)26(24(29)35-20)9-10-33-18-8-6-5-7-17(18)30-2/h5-8,11-13H,4,9-10,14H2,1-3H3/b20-13-. The number of carbonyl (C=O) groups is 3. The van der Waals surface area contributed by atoms with Crippen molar-refractivity contribution >= 4 is 57.5 Å². The number of carbonyl (C=O) groups excluding carboxylic acids is 3. The quantitative estimate of drug-likeness (QED) is 0.208. The molecular weight excluding hydrogens is 589 g/mol. The minimum Gasteiger partial charge on any atom is -0.493 e. The van der Waals surface area contributed by atoms with Crippen molar-refractivity contribution in [1.29, 1.82) is 0 Å². The molecule has 0 radical (unpaired) electrons. The zero-order valence-corrected chi connectivity index (χ0v) is 22.3. The lowest BCUT2D eigenvalue weighted by atomic mass is 10.2. The second-order valence-corrected chi connectivity index (χ2v) is 9.12. The molecule has 1 heterocycles. The van der Waals surface area contributed by atoms with E-state index < -0.39 is 11.9 Å². The summed E-state index contributed by atoms with van der Waals surface area (Å²) < 4.78 is 27.5. The van der Waals surface area contributed by atoms with Gasteiger partial charge in [-0.2, -0.15) is 0 Å². The van der Waals surface area contributed by atoms with E-state index in [1.54, 1.807) is 37.5 Å². The summed E-state index contributed by atoms with van der Waals surface area (Å²) in [5.41, 5.74) is 0.652. The van der Waals surface area contributed by atoms with E-state index in [0.29, 0.717) is 38.7 Å². The summed E-state index contributed by atoms with van der Waals surface area (Å²) in [4.78, 5) is 38.3. The van der Waals surface area contributed by atoms with E-state index in [1.165, 1.54) is 7.11 Å². The molecule has 0 N–H and O–H groups in total. The summed E-state index contributed by atoms with van der Waals surface area (Å²) in [5, 5.41) is -0.373. The second-order valence-electron chi connectivity index (χ2n) is 6.96. The van der Waals surface area contributed by atoms with Crippen molar-refractivity contribution in [2.45, 2.75) is 6.92 Å². The number of rotatable bonds is 11. The third-order valence-electron chi connectivity index (χ3n) is 4.71. The molecule has 1 aliphatic heterocycles. The highest BCUT2D eigenvalue weighted by atomic mass is 127. The fraction of sp³-hybridized carbons (Fsp3) is 0.292. The lowest BCUT2D eigenvalue weighted by Crippen LogP contribution is -2.32. The Bertz CT molecular complexity index is 1140. The largest absolute Gasteiger partial charge is 0.493 e. The van der Waals surface area contributed by atoms with Gasteiger partial charge in [0.05, 0.1) is 35.8 Å². The Hall–Kier alpha value is -2.93. The number of thioether (sulfide) groups is 1. The van der Waals surface area contributed by atoms with Gasteiger partial charge in [-0.3, -0.25) is 14.5 Å². The summed E-state index contributed by atoms with van der Waals surface area (Å²) in [5.74, 6) is 0.999. The molecular formula is C24H24INO8S. The minimum absolute atomic E-state index is 0.0993. The molecule has 2 aromatic carbocycles. The van der Waals surface area contributed by atoms with E-state index in [4.69, 9.17) is 18.9 Å². The van der Waals surface area contributed by atoms with Crippen molar-refractivity contribution < 1.29 is 38.1 Å². The summed E-state index contributed by atoms with van der Waals surface area (Å²) in [6, 6.07) is 10.6. The van der Waals surface area contributed by atoms with Crippen molar-refractivity contribution in [1.82, 2.24) is 4.90 Å². The van der Waals surface area contributed by atoms with Gasteiger partial charge in [0.15, 0.2) is 29.6 Å². The zero-order valence-electron chi connectivity index (χ0n) is 19.4. The highest BCUT2D eigenvalue weighted by Gasteiger charge is 2.35. The smallest absolute Gasteiger partial charge is 0.343 e. The Morgan fingerprint density at radius 1 is 1.06 bits per heavy atom.